The van der Waals surface area contributed by atoms with Gasteiger partial charge in [0.1, 0.15) is 0 Å². The van der Waals surface area contributed by atoms with Gasteiger partial charge in [-0.1, -0.05) is 6.07 Å². The van der Waals surface area contributed by atoms with Crippen molar-refractivity contribution in [3.63, 3.8) is 0 Å². The molecule has 0 saturated carbocycles. The van der Waals surface area contributed by atoms with E-state index < -0.39 is 0 Å². The number of benzene rings is 1. The second kappa shape index (κ2) is 6.95. The van der Waals surface area contributed by atoms with Gasteiger partial charge in [0.05, 0.1) is 14.2 Å². The van der Waals surface area contributed by atoms with E-state index in [1.54, 1.807) is 14.2 Å². The van der Waals surface area contributed by atoms with E-state index in [0.717, 1.165) is 37.4 Å². The lowest BCUT2D eigenvalue weighted by Crippen LogP contribution is -2.42. The highest BCUT2D eigenvalue weighted by Crippen LogP contribution is 2.29. The van der Waals surface area contributed by atoms with Gasteiger partial charge in [-0.3, -0.25) is 4.90 Å². The van der Waals surface area contributed by atoms with Gasteiger partial charge in [0, 0.05) is 25.7 Å². The summed E-state index contributed by atoms with van der Waals surface area (Å²) in [5.41, 5.74) is 1.22. The molecule has 1 aromatic carbocycles. The highest BCUT2D eigenvalue weighted by Gasteiger charge is 2.25. The predicted octanol–water partition coefficient (Wildman–Crippen LogP) is 2.30. The molecule has 20 heavy (non-hydrogen) atoms. The van der Waals surface area contributed by atoms with Crippen molar-refractivity contribution in [1.29, 1.82) is 0 Å². The molecule has 2 atom stereocenters. The van der Waals surface area contributed by atoms with Crippen molar-refractivity contribution in [2.24, 2.45) is 5.92 Å². The van der Waals surface area contributed by atoms with Crippen LogP contribution in [0.4, 0.5) is 0 Å². The Kier molecular flexibility index (Phi) is 5.26. The van der Waals surface area contributed by atoms with E-state index in [4.69, 9.17) is 9.47 Å². The number of ether oxygens (including phenoxy) is 2. The minimum atomic E-state index is 0.287. The third-order valence-corrected chi connectivity index (χ3v) is 4.20. The van der Waals surface area contributed by atoms with Crippen molar-refractivity contribution in [2.45, 2.75) is 32.4 Å². The zero-order valence-electron chi connectivity index (χ0n) is 12.6. The van der Waals surface area contributed by atoms with Gasteiger partial charge < -0.3 is 14.6 Å². The molecule has 1 aliphatic rings. The number of hydrogen-bond acceptors (Lipinski definition) is 4. The van der Waals surface area contributed by atoms with Gasteiger partial charge in [0.25, 0.3) is 0 Å². The van der Waals surface area contributed by atoms with Crippen LogP contribution in [0, 0.1) is 5.92 Å². The van der Waals surface area contributed by atoms with Gasteiger partial charge in [-0.2, -0.15) is 0 Å². The fraction of sp³-hybridized carbons (Fsp3) is 0.625. The SMILES string of the molecule is COc1ccc(CN2CC(CO)CCC2C)cc1OC. The number of nitrogens with zero attached hydrogens (tertiary/aromatic N) is 1. The summed E-state index contributed by atoms with van der Waals surface area (Å²) in [6.07, 6.45) is 2.28. The normalized spacial score (nSPS) is 23.6. The highest BCUT2D eigenvalue weighted by molar-refractivity contribution is 5.42. The van der Waals surface area contributed by atoms with Crippen LogP contribution in [-0.4, -0.2) is 43.4 Å². The Morgan fingerprint density at radius 2 is 1.95 bits per heavy atom. The topological polar surface area (TPSA) is 41.9 Å². The molecular weight excluding hydrogens is 254 g/mol. The van der Waals surface area contributed by atoms with Crippen LogP contribution >= 0.6 is 0 Å². The molecule has 0 bridgehead atoms. The third-order valence-electron chi connectivity index (χ3n) is 4.20. The minimum absolute atomic E-state index is 0.287. The molecule has 0 aliphatic carbocycles. The first-order chi connectivity index (χ1) is 9.67. The molecule has 1 saturated heterocycles. The van der Waals surface area contributed by atoms with Gasteiger partial charge in [-0.25, -0.2) is 0 Å². The van der Waals surface area contributed by atoms with Crippen molar-refractivity contribution >= 4 is 0 Å². The first kappa shape index (κ1) is 15.1. The monoisotopic (exact) mass is 279 g/mol. The molecule has 0 spiro atoms. The van der Waals surface area contributed by atoms with E-state index in [-0.39, 0.29) is 6.61 Å². The molecular formula is C16H25NO3. The number of hydrogen-bond donors (Lipinski definition) is 1. The Morgan fingerprint density at radius 3 is 2.60 bits per heavy atom. The van der Waals surface area contributed by atoms with Crippen LogP contribution < -0.4 is 9.47 Å². The van der Waals surface area contributed by atoms with E-state index >= 15 is 0 Å². The lowest BCUT2D eigenvalue weighted by Gasteiger charge is -2.37. The van der Waals surface area contributed by atoms with E-state index in [9.17, 15) is 5.11 Å². The van der Waals surface area contributed by atoms with Gasteiger partial charge in [-0.15, -0.1) is 0 Å². The standard InChI is InChI=1S/C16H25NO3/c1-12-4-5-14(11-18)10-17(12)9-13-6-7-15(19-2)16(8-13)20-3/h6-8,12,14,18H,4-5,9-11H2,1-3H3. The van der Waals surface area contributed by atoms with Gasteiger partial charge in [-0.05, 0) is 43.4 Å². The van der Waals surface area contributed by atoms with Crippen molar-refractivity contribution in [1.82, 2.24) is 4.90 Å². The number of aliphatic hydroxyl groups excluding tert-OH is 1. The molecule has 1 heterocycles. The summed E-state index contributed by atoms with van der Waals surface area (Å²) < 4.78 is 10.6. The number of piperidine rings is 1. The molecule has 4 nitrogen and oxygen atoms in total. The zero-order valence-corrected chi connectivity index (χ0v) is 12.6. The molecule has 0 amide bonds. The molecule has 112 valence electrons. The van der Waals surface area contributed by atoms with Crippen molar-refractivity contribution < 1.29 is 14.6 Å². The van der Waals surface area contributed by atoms with Crippen LogP contribution in [0.5, 0.6) is 11.5 Å². The fourth-order valence-electron chi connectivity index (χ4n) is 2.85. The maximum absolute atomic E-state index is 9.35. The lowest BCUT2D eigenvalue weighted by molar-refractivity contribution is 0.0771. The van der Waals surface area contributed by atoms with Gasteiger partial charge in [0.15, 0.2) is 11.5 Å². The molecule has 1 fully saturated rings. The van der Waals surface area contributed by atoms with E-state index in [0.29, 0.717) is 12.0 Å². The predicted molar refractivity (Wildman–Crippen MR) is 79.2 cm³/mol. The lowest BCUT2D eigenvalue weighted by atomic mass is 9.93. The number of likely N-dealkylation sites (tertiary alicyclic amines) is 1. The average molecular weight is 279 g/mol. The van der Waals surface area contributed by atoms with Crippen LogP contribution in [-0.2, 0) is 6.54 Å². The summed E-state index contributed by atoms with van der Waals surface area (Å²) in [5, 5.41) is 9.35. The molecule has 1 aromatic rings. The molecule has 2 rings (SSSR count). The number of methoxy groups -OCH3 is 2. The summed E-state index contributed by atoms with van der Waals surface area (Å²) in [4.78, 5) is 2.44. The molecule has 0 aromatic heterocycles. The molecule has 1 N–H and O–H groups in total. The van der Waals surface area contributed by atoms with Crippen molar-refractivity contribution in [2.75, 3.05) is 27.4 Å². The molecule has 4 heteroatoms. The summed E-state index contributed by atoms with van der Waals surface area (Å²) >= 11 is 0. The van der Waals surface area contributed by atoms with Crippen LogP contribution in [0.15, 0.2) is 18.2 Å². The van der Waals surface area contributed by atoms with Crippen LogP contribution in [0.3, 0.4) is 0 Å². The molecule has 0 radical (unpaired) electrons. The first-order valence-electron chi connectivity index (χ1n) is 7.23. The largest absolute Gasteiger partial charge is 0.493 e. The van der Waals surface area contributed by atoms with Gasteiger partial charge in [0.2, 0.25) is 0 Å². The summed E-state index contributed by atoms with van der Waals surface area (Å²) in [6.45, 7) is 4.40. The summed E-state index contributed by atoms with van der Waals surface area (Å²) in [5.74, 6) is 1.94. The zero-order chi connectivity index (χ0) is 14.5. The van der Waals surface area contributed by atoms with Crippen molar-refractivity contribution in [3.8, 4) is 11.5 Å². The van der Waals surface area contributed by atoms with Crippen LogP contribution in [0.1, 0.15) is 25.3 Å². The molecule has 2 unspecified atom stereocenters. The summed E-state index contributed by atoms with van der Waals surface area (Å²) in [6, 6.07) is 6.63. The van der Waals surface area contributed by atoms with Crippen LogP contribution in [0.25, 0.3) is 0 Å². The maximum Gasteiger partial charge on any atom is 0.161 e. The Balaban J connectivity index is 2.08. The van der Waals surface area contributed by atoms with Crippen LogP contribution in [0.2, 0.25) is 0 Å². The summed E-state index contributed by atoms with van der Waals surface area (Å²) in [7, 11) is 3.31. The maximum atomic E-state index is 9.35. The van der Waals surface area contributed by atoms with E-state index in [2.05, 4.69) is 17.9 Å². The Labute approximate surface area is 121 Å². The second-order valence-corrected chi connectivity index (χ2v) is 5.59. The highest BCUT2D eigenvalue weighted by atomic mass is 16.5. The number of rotatable bonds is 5. The van der Waals surface area contributed by atoms with Crippen molar-refractivity contribution in [3.05, 3.63) is 23.8 Å². The van der Waals surface area contributed by atoms with E-state index in [1.165, 1.54) is 5.56 Å². The average Bonchev–Trinajstić information content (AvgIpc) is 2.49. The minimum Gasteiger partial charge on any atom is -0.493 e. The quantitative estimate of drug-likeness (QED) is 0.898. The Hall–Kier alpha value is -1.26. The van der Waals surface area contributed by atoms with E-state index in [1.807, 2.05) is 12.1 Å². The Morgan fingerprint density at radius 1 is 1.20 bits per heavy atom. The second-order valence-electron chi connectivity index (χ2n) is 5.59. The third kappa shape index (κ3) is 3.44. The smallest absolute Gasteiger partial charge is 0.161 e. The molecule has 1 aliphatic heterocycles. The number of aliphatic hydroxyl groups is 1. The first-order valence-corrected chi connectivity index (χ1v) is 7.23. The Bertz CT molecular complexity index is 436. The fourth-order valence-corrected chi connectivity index (χ4v) is 2.85. The van der Waals surface area contributed by atoms with Gasteiger partial charge >= 0.3 is 0 Å².